The Morgan fingerprint density at radius 3 is 2.73 bits per heavy atom. The number of halogens is 1. The van der Waals surface area contributed by atoms with Crippen molar-refractivity contribution < 1.29 is 13.9 Å². The van der Waals surface area contributed by atoms with Crippen LogP contribution in [-0.4, -0.2) is 17.9 Å². The summed E-state index contributed by atoms with van der Waals surface area (Å²) in [6.45, 7) is 0.299. The summed E-state index contributed by atoms with van der Waals surface area (Å²) in [7, 11) is 0. The molecule has 1 aliphatic carbocycles. The van der Waals surface area contributed by atoms with E-state index >= 15 is 0 Å². The van der Waals surface area contributed by atoms with E-state index in [1.54, 1.807) is 0 Å². The first kappa shape index (κ1) is 18.5. The van der Waals surface area contributed by atoms with Crippen LogP contribution < -0.4 is 10.5 Å². The molecule has 1 aliphatic rings. The van der Waals surface area contributed by atoms with Gasteiger partial charge in [-0.2, -0.15) is 0 Å². The summed E-state index contributed by atoms with van der Waals surface area (Å²) in [6, 6.07) is 13.5. The molecule has 0 aliphatic heterocycles. The summed E-state index contributed by atoms with van der Waals surface area (Å²) >= 11 is 0. The highest BCUT2D eigenvalue weighted by atomic mass is 35.5. The van der Waals surface area contributed by atoms with Gasteiger partial charge in [-0.15, -0.1) is 12.4 Å². The van der Waals surface area contributed by atoms with Crippen molar-refractivity contribution in [3.63, 3.8) is 0 Å². The van der Waals surface area contributed by atoms with Crippen LogP contribution in [0.2, 0.25) is 0 Å². The number of hydrogen-bond donors (Lipinski definition) is 1. The first-order valence-corrected chi connectivity index (χ1v) is 8.75. The predicted octanol–water partition coefficient (Wildman–Crippen LogP) is 4.72. The summed E-state index contributed by atoms with van der Waals surface area (Å²) in [4.78, 5) is 4.50. The van der Waals surface area contributed by atoms with Crippen LogP contribution in [0, 0.1) is 0 Å². The van der Waals surface area contributed by atoms with Crippen molar-refractivity contribution in [2.45, 2.75) is 38.2 Å². The summed E-state index contributed by atoms with van der Waals surface area (Å²) in [5, 5.41) is 0. The molecule has 138 valence electrons. The Labute approximate surface area is 158 Å². The molecule has 0 radical (unpaired) electrons. The fourth-order valence-electron chi connectivity index (χ4n) is 3.27. The number of ether oxygens (including phenoxy) is 2. The van der Waals surface area contributed by atoms with Crippen molar-refractivity contribution >= 4 is 29.2 Å². The third-order valence-corrected chi connectivity index (χ3v) is 4.58. The third kappa shape index (κ3) is 4.29. The van der Waals surface area contributed by atoms with E-state index in [1.165, 1.54) is 12.8 Å². The summed E-state index contributed by atoms with van der Waals surface area (Å²) in [6.07, 6.45) is 5.75. The molecule has 0 atom stereocenters. The van der Waals surface area contributed by atoms with Gasteiger partial charge in [-0.05, 0) is 42.7 Å². The van der Waals surface area contributed by atoms with E-state index in [0.717, 1.165) is 29.7 Å². The van der Waals surface area contributed by atoms with Gasteiger partial charge in [0.15, 0.2) is 18.3 Å². The van der Waals surface area contributed by atoms with Crippen LogP contribution in [0.3, 0.4) is 0 Å². The molecular formula is C20H23ClN2O3. The van der Waals surface area contributed by atoms with Crippen molar-refractivity contribution in [2.75, 3.05) is 12.5 Å². The average molecular weight is 375 g/mol. The molecule has 2 aromatic carbocycles. The molecule has 26 heavy (non-hydrogen) atoms. The zero-order valence-corrected chi connectivity index (χ0v) is 15.3. The molecule has 0 spiro atoms. The Hall–Kier alpha value is -2.24. The number of nitrogens with zero attached hydrogens (tertiary/aromatic N) is 1. The van der Waals surface area contributed by atoms with Gasteiger partial charge in [-0.25, -0.2) is 4.98 Å². The van der Waals surface area contributed by atoms with E-state index in [2.05, 4.69) is 4.98 Å². The van der Waals surface area contributed by atoms with E-state index in [9.17, 15) is 0 Å². The summed E-state index contributed by atoms with van der Waals surface area (Å²) in [5.41, 5.74) is 9.04. The van der Waals surface area contributed by atoms with Crippen molar-refractivity contribution in [1.29, 1.82) is 0 Å². The monoisotopic (exact) mass is 374 g/mol. The first-order chi connectivity index (χ1) is 12.3. The van der Waals surface area contributed by atoms with Crippen LogP contribution in [0.1, 0.15) is 37.1 Å². The maximum Gasteiger partial charge on any atom is 0.200 e. The minimum Gasteiger partial charge on any atom is -0.468 e. The number of fused-ring (bicyclic) bond motifs is 1. The Balaban J connectivity index is 0.00000196. The second-order valence-electron chi connectivity index (χ2n) is 6.46. The molecule has 6 heteroatoms. The first-order valence-electron chi connectivity index (χ1n) is 8.75. The van der Waals surface area contributed by atoms with E-state index in [4.69, 9.17) is 19.6 Å². The van der Waals surface area contributed by atoms with Crippen molar-refractivity contribution in [3.05, 3.63) is 53.9 Å². The minimum atomic E-state index is 0. The SMILES string of the molecule is Cl.Nc1cccc2nc(Cc3cccc(OCOC4CCCC4)c3)oc12. The maximum atomic E-state index is 5.93. The molecule has 4 rings (SSSR count). The zero-order valence-electron chi connectivity index (χ0n) is 14.5. The lowest BCUT2D eigenvalue weighted by molar-refractivity contribution is -0.0325. The van der Waals surface area contributed by atoms with Crippen LogP contribution in [0.5, 0.6) is 5.75 Å². The molecule has 0 unspecified atom stereocenters. The molecule has 1 aromatic heterocycles. The van der Waals surface area contributed by atoms with E-state index in [0.29, 0.717) is 36.5 Å². The van der Waals surface area contributed by atoms with Crippen LogP contribution >= 0.6 is 12.4 Å². The van der Waals surface area contributed by atoms with Crippen molar-refractivity contribution in [3.8, 4) is 5.75 Å². The van der Waals surface area contributed by atoms with E-state index < -0.39 is 0 Å². The highest BCUT2D eigenvalue weighted by Crippen LogP contribution is 2.24. The van der Waals surface area contributed by atoms with Crippen LogP contribution in [-0.2, 0) is 11.2 Å². The molecule has 1 heterocycles. The lowest BCUT2D eigenvalue weighted by Gasteiger charge is -2.12. The Kier molecular flexibility index (Phi) is 6.01. The van der Waals surface area contributed by atoms with Crippen LogP contribution in [0.15, 0.2) is 46.9 Å². The number of nitrogen functional groups attached to an aromatic ring is 1. The van der Waals surface area contributed by atoms with Gasteiger partial charge in [-0.3, -0.25) is 0 Å². The number of para-hydroxylation sites is 1. The number of oxazole rings is 1. The van der Waals surface area contributed by atoms with Gasteiger partial charge in [0.2, 0.25) is 0 Å². The van der Waals surface area contributed by atoms with Gasteiger partial charge < -0.3 is 19.6 Å². The van der Waals surface area contributed by atoms with Gasteiger partial charge in [0.05, 0.1) is 11.8 Å². The van der Waals surface area contributed by atoms with Crippen LogP contribution in [0.25, 0.3) is 11.1 Å². The molecule has 0 amide bonds. The maximum absolute atomic E-state index is 5.93. The Morgan fingerprint density at radius 1 is 1.12 bits per heavy atom. The molecular weight excluding hydrogens is 352 g/mol. The van der Waals surface area contributed by atoms with Gasteiger partial charge in [0.1, 0.15) is 11.3 Å². The Bertz CT molecular complexity index is 859. The normalized spacial score (nSPS) is 14.5. The zero-order chi connectivity index (χ0) is 17.1. The second kappa shape index (κ2) is 8.43. The van der Waals surface area contributed by atoms with Crippen molar-refractivity contribution in [1.82, 2.24) is 4.98 Å². The van der Waals surface area contributed by atoms with Gasteiger partial charge in [0, 0.05) is 6.42 Å². The van der Waals surface area contributed by atoms with Gasteiger partial charge >= 0.3 is 0 Å². The summed E-state index contributed by atoms with van der Waals surface area (Å²) < 4.78 is 17.3. The second-order valence-corrected chi connectivity index (χ2v) is 6.46. The number of benzene rings is 2. The standard InChI is InChI=1S/C20H22N2O3.ClH/c21-17-9-4-10-18-20(17)25-19(22-18)12-14-5-3-8-16(11-14)24-13-23-15-6-1-2-7-15;/h3-5,8-11,15H,1-2,6-7,12-13,21H2;1H. The predicted molar refractivity (Wildman–Crippen MR) is 104 cm³/mol. The van der Waals surface area contributed by atoms with Gasteiger partial charge in [-0.1, -0.05) is 31.0 Å². The average Bonchev–Trinajstić information content (AvgIpc) is 3.25. The summed E-state index contributed by atoms with van der Waals surface area (Å²) in [5.74, 6) is 1.44. The third-order valence-electron chi connectivity index (χ3n) is 4.58. The van der Waals surface area contributed by atoms with E-state index in [1.807, 2.05) is 42.5 Å². The Morgan fingerprint density at radius 2 is 1.92 bits per heavy atom. The quantitative estimate of drug-likeness (QED) is 0.499. The molecule has 1 fully saturated rings. The highest BCUT2D eigenvalue weighted by Gasteiger charge is 2.15. The number of hydrogen-bond acceptors (Lipinski definition) is 5. The lowest BCUT2D eigenvalue weighted by Crippen LogP contribution is -2.12. The van der Waals surface area contributed by atoms with Crippen molar-refractivity contribution in [2.24, 2.45) is 0 Å². The minimum absolute atomic E-state index is 0. The fourth-order valence-corrected chi connectivity index (χ4v) is 3.27. The molecule has 1 saturated carbocycles. The van der Waals surface area contributed by atoms with E-state index in [-0.39, 0.29) is 12.4 Å². The number of nitrogens with two attached hydrogens (primary N) is 1. The lowest BCUT2D eigenvalue weighted by atomic mass is 10.1. The number of anilines is 1. The molecule has 3 aromatic rings. The molecule has 2 N–H and O–H groups in total. The number of aromatic nitrogens is 1. The van der Waals surface area contributed by atoms with Crippen LogP contribution in [0.4, 0.5) is 5.69 Å². The largest absolute Gasteiger partial charge is 0.468 e. The fraction of sp³-hybridized carbons (Fsp3) is 0.350. The molecule has 0 saturated heterocycles. The molecule has 5 nitrogen and oxygen atoms in total. The number of rotatable bonds is 6. The smallest absolute Gasteiger partial charge is 0.200 e. The molecule has 0 bridgehead atoms. The topological polar surface area (TPSA) is 70.5 Å². The highest BCUT2D eigenvalue weighted by molar-refractivity contribution is 5.85. The van der Waals surface area contributed by atoms with Gasteiger partial charge in [0.25, 0.3) is 0 Å².